The fourth-order valence-electron chi connectivity index (χ4n) is 2.60. The van der Waals surface area contributed by atoms with Crippen LogP contribution in [0.4, 0.5) is 11.4 Å². The second kappa shape index (κ2) is 9.00. The minimum absolute atomic E-state index is 0.0105. The van der Waals surface area contributed by atoms with Crippen molar-refractivity contribution in [2.45, 2.75) is 0 Å². The van der Waals surface area contributed by atoms with Crippen molar-refractivity contribution in [3.63, 3.8) is 0 Å². The Morgan fingerprint density at radius 2 is 1.58 bits per heavy atom. The molecule has 0 unspecified atom stereocenters. The maximum absolute atomic E-state index is 12.4. The lowest BCUT2D eigenvalue weighted by Gasteiger charge is -2.26. The summed E-state index contributed by atoms with van der Waals surface area (Å²) in [6.07, 6.45) is 0. The molecular formula is C19H20IN3O3. The van der Waals surface area contributed by atoms with Gasteiger partial charge in [-0.1, -0.05) is 0 Å². The molecule has 0 aliphatic carbocycles. The molecule has 0 atom stereocenters. The maximum atomic E-state index is 12.4. The number of benzene rings is 2. The number of nitrogens with zero attached hydrogens (tertiary/aromatic N) is 1. The van der Waals surface area contributed by atoms with Crippen LogP contribution in [0.3, 0.4) is 0 Å². The van der Waals surface area contributed by atoms with E-state index in [1.807, 2.05) is 36.4 Å². The van der Waals surface area contributed by atoms with Crippen LogP contribution in [0.15, 0.2) is 48.5 Å². The highest BCUT2D eigenvalue weighted by atomic mass is 127. The highest BCUT2D eigenvalue weighted by Gasteiger charge is 2.18. The first-order chi connectivity index (χ1) is 12.6. The van der Waals surface area contributed by atoms with Crippen molar-refractivity contribution in [2.24, 2.45) is 0 Å². The molecule has 0 spiro atoms. The first-order valence-corrected chi connectivity index (χ1v) is 9.46. The molecule has 0 radical (unpaired) electrons. The molecule has 2 aromatic rings. The van der Waals surface area contributed by atoms with Crippen LogP contribution in [0.5, 0.6) is 0 Å². The van der Waals surface area contributed by atoms with E-state index in [0.29, 0.717) is 31.9 Å². The van der Waals surface area contributed by atoms with E-state index >= 15 is 0 Å². The molecule has 1 aliphatic rings. The molecule has 7 heteroatoms. The van der Waals surface area contributed by atoms with Crippen molar-refractivity contribution in [3.8, 4) is 0 Å². The Morgan fingerprint density at radius 3 is 2.23 bits per heavy atom. The summed E-state index contributed by atoms with van der Waals surface area (Å²) < 4.78 is 6.38. The second-order valence-electron chi connectivity index (χ2n) is 5.89. The van der Waals surface area contributed by atoms with Crippen molar-refractivity contribution in [2.75, 3.05) is 43.5 Å². The van der Waals surface area contributed by atoms with Gasteiger partial charge in [-0.3, -0.25) is 9.59 Å². The standard InChI is InChI=1S/C19H20IN3O3/c20-15-3-7-17(8-4-15)22-18(24)13-21-16-5-1-14(2-6-16)19(25)23-9-11-26-12-10-23/h1-8,21H,9-13H2,(H,22,24). The summed E-state index contributed by atoms with van der Waals surface area (Å²) in [7, 11) is 0. The average molecular weight is 465 g/mol. The number of halogens is 1. The molecule has 2 aromatic carbocycles. The molecule has 1 heterocycles. The minimum Gasteiger partial charge on any atom is -0.378 e. The highest BCUT2D eigenvalue weighted by molar-refractivity contribution is 14.1. The van der Waals surface area contributed by atoms with Crippen LogP contribution in [0.2, 0.25) is 0 Å². The van der Waals surface area contributed by atoms with Gasteiger partial charge in [0.2, 0.25) is 5.91 Å². The van der Waals surface area contributed by atoms with Crippen molar-refractivity contribution in [1.82, 2.24) is 4.90 Å². The van der Waals surface area contributed by atoms with Crippen molar-refractivity contribution >= 4 is 45.8 Å². The SMILES string of the molecule is O=C(CNc1ccc(C(=O)N2CCOCC2)cc1)Nc1ccc(I)cc1. The lowest BCUT2D eigenvalue weighted by Crippen LogP contribution is -2.40. The first kappa shape index (κ1) is 18.7. The number of morpholine rings is 1. The zero-order valence-corrected chi connectivity index (χ0v) is 16.4. The van der Waals surface area contributed by atoms with E-state index in [2.05, 4.69) is 33.2 Å². The summed E-state index contributed by atoms with van der Waals surface area (Å²) >= 11 is 2.22. The van der Waals surface area contributed by atoms with Crippen LogP contribution < -0.4 is 10.6 Å². The largest absolute Gasteiger partial charge is 0.378 e. The van der Waals surface area contributed by atoms with Gasteiger partial charge < -0.3 is 20.3 Å². The number of rotatable bonds is 5. The predicted molar refractivity (Wildman–Crippen MR) is 109 cm³/mol. The van der Waals surface area contributed by atoms with Crippen molar-refractivity contribution in [3.05, 3.63) is 57.7 Å². The first-order valence-electron chi connectivity index (χ1n) is 8.38. The van der Waals surface area contributed by atoms with Gasteiger partial charge in [0.25, 0.3) is 5.91 Å². The molecule has 1 aliphatic heterocycles. The summed E-state index contributed by atoms with van der Waals surface area (Å²) in [4.78, 5) is 26.2. The topological polar surface area (TPSA) is 70.7 Å². The number of hydrogen-bond donors (Lipinski definition) is 2. The van der Waals surface area contributed by atoms with Crippen LogP contribution in [0.25, 0.3) is 0 Å². The number of nitrogens with one attached hydrogen (secondary N) is 2. The van der Waals surface area contributed by atoms with Crippen molar-refractivity contribution in [1.29, 1.82) is 0 Å². The van der Waals surface area contributed by atoms with Crippen LogP contribution in [-0.4, -0.2) is 49.6 Å². The molecule has 1 fully saturated rings. The molecule has 26 heavy (non-hydrogen) atoms. The molecule has 136 valence electrons. The number of ether oxygens (including phenoxy) is 1. The molecule has 0 saturated carbocycles. The molecule has 2 N–H and O–H groups in total. The van der Waals surface area contributed by atoms with Gasteiger partial charge in [0.15, 0.2) is 0 Å². The van der Waals surface area contributed by atoms with E-state index < -0.39 is 0 Å². The maximum Gasteiger partial charge on any atom is 0.254 e. The molecule has 6 nitrogen and oxygen atoms in total. The summed E-state index contributed by atoms with van der Waals surface area (Å²) in [5.41, 5.74) is 2.20. The Hall–Kier alpha value is -2.13. The predicted octanol–water partition coefficient (Wildman–Crippen LogP) is 2.81. The highest BCUT2D eigenvalue weighted by Crippen LogP contribution is 2.13. The smallest absolute Gasteiger partial charge is 0.254 e. The lowest BCUT2D eigenvalue weighted by atomic mass is 10.1. The van der Waals surface area contributed by atoms with Crippen LogP contribution in [0, 0.1) is 3.57 Å². The van der Waals surface area contributed by atoms with E-state index in [9.17, 15) is 9.59 Å². The minimum atomic E-state index is -0.125. The Balaban J connectivity index is 1.50. The number of amides is 2. The Kier molecular flexibility index (Phi) is 6.45. The molecule has 0 bridgehead atoms. The quantitative estimate of drug-likeness (QED) is 0.667. The van der Waals surface area contributed by atoms with Gasteiger partial charge in [-0.2, -0.15) is 0 Å². The fraction of sp³-hybridized carbons (Fsp3) is 0.263. The molecule has 3 rings (SSSR count). The Labute approximate surface area is 166 Å². The van der Waals surface area contributed by atoms with E-state index in [1.165, 1.54) is 0 Å². The number of anilines is 2. The third-order valence-electron chi connectivity index (χ3n) is 4.01. The van der Waals surface area contributed by atoms with Crippen LogP contribution in [0.1, 0.15) is 10.4 Å². The number of hydrogen-bond acceptors (Lipinski definition) is 4. The van der Waals surface area contributed by atoms with Gasteiger partial charge >= 0.3 is 0 Å². The fourth-order valence-corrected chi connectivity index (χ4v) is 2.96. The lowest BCUT2D eigenvalue weighted by molar-refractivity contribution is -0.114. The zero-order valence-electron chi connectivity index (χ0n) is 14.2. The summed E-state index contributed by atoms with van der Waals surface area (Å²) in [6.45, 7) is 2.57. The zero-order chi connectivity index (χ0) is 18.4. The average Bonchev–Trinajstić information content (AvgIpc) is 2.69. The molecule has 2 amide bonds. The van der Waals surface area contributed by atoms with Gasteiger partial charge in [-0.05, 0) is 71.1 Å². The third-order valence-corrected chi connectivity index (χ3v) is 4.73. The van der Waals surface area contributed by atoms with Gasteiger partial charge in [-0.15, -0.1) is 0 Å². The van der Waals surface area contributed by atoms with Crippen LogP contribution >= 0.6 is 22.6 Å². The molecule has 0 aromatic heterocycles. The Bertz CT molecular complexity index is 757. The van der Waals surface area contributed by atoms with E-state index in [-0.39, 0.29) is 18.4 Å². The summed E-state index contributed by atoms with van der Waals surface area (Å²) in [5, 5.41) is 5.90. The number of carbonyl (C=O) groups excluding carboxylic acids is 2. The third kappa shape index (κ3) is 5.18. The summed E-state index contributed by atoms with van der Waals surface area (Å²) in [5.74, 6) is -0.115. The van der Waals surface area contributed by atoms with Gasteiger partial charge in [0.05, 0.1) is 19.8 Å². The van der Waals surface area contributed by atoms with Crippen LogP contribution in [-0.2, 0) is 9.53 Å². The molecular weight excluding hydrogens is 445 g/mol. The number of carbonyl (C=O) groups is 2. The summed E-state index contributed by atoms with van der Waals surface area (Å²) in [6, 6.07) is 14.8. The van der Waals surface area contributed by atoms with Gasteiger partial charge in [0, 0.05) is 33.6 Å². The molecule has 1 saturated heterocycles. The van der Waals surface area contributed by atoms with E-state index in [4.69, 9.17) is 4.74 Å². The van der Waals surface area contributed by atoms with Crippen molar-refractivity contribution < 1.29 is 14.3 Å². The van der Waals surface area contributed by atoms with E-state index in [0.717, 1.165) is 14.9 Å². The van der Waals surface area contributed by atoms with E-state index in [1.54, 1.807) is 17.0 Å². The Morgan fingerprint density at radius 1 is 0.962 bits per heavy atom. The van der Waals surface area contributed by atoms with Gasteiger partial charge in [0.1, 0.15) is 0 Å². The normalized spacial score (nSPS) is 14.0. The monoisotopic (exact) mass is 465 g/mol. The van der Waals surface area contributed by atoms with Gasteiger partial charge in [-0.25, -0.2) is 0 Å². The second-order valence-corrected chi connectivity index (χ2v) is 7.14.